The predicted molar refractivity (Wildman–Crippen MR) is 71.0 cm³/mol. The summed E-state index contributed by atoms with van der Waals surface area (Å²) in [4.78, 5) is 11.6. The van der Waals surface area contributed by atoms with E-state index in [1.54, 1.807) is 12.4 Å². The number of imidazole rings is 1. The van der Waals surface area contributed by atoms with Crippen LogP contribution < -0.4 is 5.73 Å². The summed E-state index contributed by atoms with van der Waals surface area (Å²) >= 11 is 0. The molecule has 18 heavy (non-hydrogen) atoms. The lowest BCUT2D eigenvalue weighted by Gasteiger charge is -2.11. The molecule has 0 radical (unpaired) electrons. The highest BCUT2D eigenvalue weighted by atomic mass is 14.9. The zero-order valence-electron chi connectivity index (χ0n) is 9.88. The van der Waals surface area contributed by atoms with Crippen molar-refractivity contribution in [2.75, 3.05) is 0 Å². The molecule has 4 heteroatoms. The molecule has 0 aliphatic rings. The van der Waals surface area contributed by atoms with Crippen molar-refractivity contribution in [3.8, 4) is 0 Å². The Kier molecular flexibility index (Phi) is 2.78. The molecular formula is C14H14N4. The van der Waals surface area contributed by atoms with E-state index in [4.69, 9.17) is 5.73 Å². The van der Waals surface area contributed by atoms with Crippen molar-refractivity contribution in [1.82, 2.24) is 15.0 Å². The summed E-state index contributed by atoms with van der Waals surface area (Å²) in [6, 6.07) is 10.1. The molecule has 1 unspecified atom stereocenters. The molecule has 1 atom stereocenters. The van der Waals surface area contributed by atoms with E-state index in [0.29, 0.717) is 6.42 Å². The summed E-state index contributed by atoms with van der Waals surface area (Å²) in [6.45, 7) is 0. The maximum absolute atomic E-state index is 6.20. The van der Waals surface area contributed by atoms with Gasteiger partial charge in [-0.15, -0.1) is 0 Å². The fourth-order valence-corrected chi connectivity index (χ4v) is 2.06. The second-order valence-corrected chi connectivity index (χ2v) is 4.30. The van der Waals surface area contributed by atoms with Gasteiger partial charge in [-0.1, -0.05) is 12.1 Å². The molecule has 0 amide bonds. The quantitative estimate of drug-likeness (QED) is 0.735. The number of aromatic nitrogens is 3. The van der Waals surface area contributed by atoms with Crippen LogP contribution in [-0.2, 0) is 6.42 Å². The van der Waals surface area contributed by atoms with E-state index in [9.17, 15) is 0 Å². The lowest BCUT2D eigenvalue weighted by molar-refractivity contribution is 0.695. The number of hydrogen-bond donors (Lipinski definition) is 2. The number of rotatable bonds is 3. The molecule has 0 saturated carbocycles. The highest BCUT2D eigenvalue weighted by Crippen LogP contribution is 2.19. The molecule has 3 aromatic rings. The summed E-state index contributed by atoms with van der Waals surface area (Å²) < 4.78 is 0. The zero-order chi connectivity index (χ0) is 12.4. The van der Waals surface area contributed by atoms with E-state index in [-0.39, 0.29) is 6.04 Å². The summed E-state index contributed by atoms with van der Waals surface area (Å²) in [5.74, 6) is 0.911. The first-order chi connectivity index (χ1) is 8.83. The molecule has 3 N–H and O–H groups in total. The van der Waals surface area contributed by atoms with Crippen LogP contribution in [0.4, 0.5) is 0 Å². The first kappa shape index (κ1) is 10.9. The minimum Gasteiger partial charge on any atom is -0.349 e. The largest absolute Gasteiger partial charge is 0.349 e. The van der Waals surface area contributed by atoms with E-state index in [1.807, 2.05) is 30.5 Å². The average molecular weight is 238 g/mol. The molecular weight excluding hydrogens is 224 g/mol. The fraction of sp³-hybridized carbons (Fsp3) is 0.143. The van der Waals surface area contributed by atoms with Gasteiger partial charge < -0.3 is 10.7 Å². The highest BCUT2D eigenvalue weighted by Gasteiger charge is 2.09. The van der Waals surface area contributed by atoms with Crippen LogP contribution in [0.3, 0.4) is 0 Å². The Labute approximate surface area is 105 Å². The van der Waals surface area contributed by atoms with Crippen molar-refractivity contribution in [3.63, 3.8) is 0 Å². The van der Waals surface area contributed by atoms with Crippen molar-refractivity contribution in [1.29, 1.82) is 0 Å². The maximum atomic E-state index is 6.20. The van der Waals surface area contributed by atoms with E-state index in [1.165, 1.54) is 0 Å². The van der Waals surface area contributed by atoms with E-state index in [0.717, 1.165) is 22.3 Å². The lowest BCUT2D eigenvalue weighted by atomic mass is 10.0. The standard InChI is InChI=1S/C14H14N4/c15-12(9-14-17-6-7-18-14)10-3-4-13-11(8-10)2-1-5-16-13/h1-8,12H,9,15H2,(H,17,18). The third-order valence-electron chi connectivity index (χ3n) is 3.02. The Bertz CT molecular complexity index is 646. The van der Waals surface area contributed by atoms with Gasteiger partial charge >= 0.3 is 0 Å². The number of hydrogen-bond acceptors (Lipinski definition) is 3. The van der Waals surface area contributed by atoms with Gasteiger partial charge in [0.05, 0.1) is 5.52 Å². The minimum atomic E-state index is -0.0549. The van der Waals surface area contributed by atoms with Gasteiger partial charge in [0.1, 0.15) is 5.82 Å². The maximum Gasteiger partial charge on any atom is 0.107 e. The van der Waals surface area contributed by atoms with Crippen molar-refractivity contribution < 1.29 is 0 Å². The lowest BCUT2D eigenvalue weighted by Crippen LogP contribution is -2.14. The first-order valence-electron chi connectivity index (χ1n) is 5.91. The molecule has 1 aromatic carbocycles. The molecule has 0 aliphatic heterocycles. The average Bonchev–Trinajstić information content (AvgIpc) is 2.91. The Hall–Kier alpha value is -2.20. The van der Waals surface area contributed by atoms with Crippen LogP contribution in [0.25, 0.3) is 10.9 Å². The van der Waals surface area contributed by atoms with Crippen molar-refractivity contribution >= 4 is 10.9 Å². The highest BCUT2D eigenvalue weighted by molar-refractivity contribution is 5.79. The monoisotopic (exact) mass is 238 g/mol. The SMILES string of the molecule is NC(Cc1ncc[nH]1)c1ccc2ncccc2c1. The molecule has 0 aliphatic carbocycles. The molecule has 0 fully saturated rings. The van der Waals surface area contributed by atoms with Crippen LogP contribution >= 0.6 is 0 Å². The van der Waals surface area contributed by atoms with Crippen LogP contribution in [0, 0.1) is 0 Å². The first-order valence-corrected chi connectivity index (χ1v) is 5.91. The Morgan fingerprint density at radius 2 is 2.11 bits per heavy atom. The number of nitrogens with zero attached hydrogens (tertiary/aromatic N) is 2. The zero-order valence-corrected chi connectivity index (χ0v) is 9.88. The van der Waals surface area contributed by atoms with Crippen LogP contribution in [-0.4, -0.2) is 15.0 Å². The van der Waals surface area contributed by atoms with E-state index < -0.39 is 0 Å². The number of nitrogens with two attached hydrogens (primary N) is 1. The van der Waals surface area contributed by atoms with Gasteiger partial charge in [0.15, 0.2) is 0 Å². The summed E-state index contributed by atoms with van der Waals surface area (Å²) in [5, 5.41) is 1.12. The van der Waals surface area contributed by atoms with Gasteiger partial charge in [0.2, 0.25) is 0 Å². The van der Waals surface area contributed by atoms with Crippen LogP contribution in [0.2, 0.25) is 0 Å². The molecule has 4 nitrogen and oxygen atoms in total. The van der Waals surface area contributed by atoms with Crippen LogP contribution in [0.15, 0.2) is 48.9 Å². The second-order valence-electron chi connectivity index (χ2n) is 4.30. The van der Waals surface area contributed by atoms with Crippen molar-refractivity contribution in [2.24, 2.45) is 5.73 Å². The van der Waals surface area contributed by atoms with E-state index >= 15 is 0 Å². The Morgan fingerprint density at radius 1 is 1.17 bits per heavy atom. The molecule has 0 bridgehead atoms. The van der Waals surface area contributed by atoms with E-state index in [2.05, 4.69) is 21.0 Å². The molecule has 90 valence electrons. The van der Waals surface area contributed by atoms with Crippen LogP contribution in [0.1, 0.15) is 17.4 Å². The van der Waals surface area contributed by atoms with Gasteiger partial charge in [-0.3, -0.25) is 4.98 Å². The fourth-order valence-electron chi connectivity index (χ4n) is 2.06. The normalized spacial score (nSPS) is 12.7. The summed E-state index contributed by atoms with van der Waals surface area (Å²) in [5.41, 5.74) is 8.29. The molecule has 0 spiro atoms. The van der Waals surface area contributed by atoms with Crippen molar-refractivity contribution in [3.05, 3.63) is 60.3 Å². The van der Waals surface area contributed by atoms with Crippen LogP contribution in [0.5, 0.6) is 0 Å². The minimum absolute atomic E-state index is 0.0549. The number of aromatic amines is 1. The smallest absolute Gasteiger partial charge is 0.107 e. The molecule has 0 saturated heterocycles. The predicted octanol–water partition coefficient (Wildman–Crippen LogP) is 2.20. The summed E-state index contributed by atoms with van der Waals surface area (Å²) in [7, 11) is 0. The number of benzene rings is 1. The Morgan fingerprint density at radius 3 is 2.94 bits per heavy atom. The summed E-state index contributed by atoms with van der Waals surface area (Å²) in [6.07, 6.45) is 6.06. The number of pyridine rings is 1. The van der Waals surface area contributed by atoms with Crippen molar-refractivity contribution in [2.45, 2.75) is 12.5 Å². The second kappa shape index (κ2) is 4.58. The third kappa shape index (κ3) is 2.10. The Balaban J connectivity index is 1.89. The molecule has 2 heterocycles. The van der Waals surface area contributed by atoms with Gasteiger partial charge in [0, 0.05) is 36.4 Å². The number of H-pyrrole nitrogens is 1. The van der Waals surface area contributed by atoms with Gasteiger partial charge in [-0.05, 0) is 23.8 Å². The number of nitrogens with one attached hydrogen (secondary N) is 1. The molecule has 2 aromatic heterocycles. The third-order valence-corrected chi connectivity index (χ3v) is 3.02. The number of fused-ring (bicyclic) bond motifs is 1. The van der Waals surface area contributed by atoms with Gasteiger partial charge in [-0.25, -0.2) is 4.98 Å². The van der Waals surface area contributed by atoms with Gasteiger partial charge in [-0.2, -0.15) is 0 Å². The van der Waals surface area contributed by atoms with Gasteiger partial charge in [0.25, 0.3) is 0 Å². The molecule has 3 rings (SSSR count). The topological polar surface area (TPSA) is 67.6 Å².